The fourth-order valence-corrected chi connectivity index (χ4v) is 2.37. The molecule has 0 aliphatic rings. The number of aromatic nitrogens is 2. The van der Waals surface area contributed by atoms with Gasteiger partial charge in [-0.25, -0.2) is 0 Å². The summed E-state index contributed by atoms with van der Waals surface area (Å²) in [4.78, 5) is 11.6. The lowest BCUT2D eigenvalue weighted by Crippen LogP contribution is -2.28. The summed E-state index contributed by atoms with van der Waals surface area (Å²) in [6, 6.07) is 4.78. The lowest BCUT2D eigenvalue weighted by atomic mass is 10.1. The van der Waals surface area contributed by atoms with Crippen LogP contribution in [0.4, 0.5) is 0 Å². The van der Waals surface area contributed by atoms with Gasteiger partial charge in [0.25, 0.3) is 5.91 Å². The van der Waals surface area contributed by atoms with E-state index in [9.17, 15) is 9.90 Å². The normalized spacial score (nSPS) is 12.2. The highest BCUT2D eigenvalue weighted by Gasteiger charge is 2.15. The molecule has 19 heavy (non-hydrogen) atoms. The number of halogens is 2. The van der Waals surface area contributed by atoms with Gasteiger partial charge in [-0.15, -0.1) is 0 Å². The van der Waals surface area contributed by atoms with Gasteiger partial charge in [0.05, 0.1) is 24.0 Å². The first kappa shape index (κ1) is 14.2. The van der Waals surface area contributed by atoms with Gasteiger partial charge in [-0.2, -0.15) is 8.75 Å². The number of rotatable bonds is 4. The molecule has 2 N–H and O–H groups in total. The Morgan fingerprint density at radius 2 is 2.26 bits per heavy atom. The third-order valence-electron chi connectivity index (χ3n) is 2.37. The van der Waals surface area contributed by atoms with Crippen LogP contribution in [0.25, 0.3) is 0 Å². The number of amides is 1. The summed E-state index contributed by atoms with van der Waals surface area (Å²) in [6.45, 7) is 0.0255. The molecule has 0 bridgehead atoms. The van der Waals surface area contributed by atoms with E-state index in [-0.39, 0.29) is 12.2 Å². The van der Waals surface area contributed by atoms with Crippen molar-refractivity contribution in [3.63, 3.8) is 0 Å². The van der Waals surface area contributed by atoms with Crippen LogP contribution in [-0.4, -0.2) is 26.3 Å². The average molecular weight is 318 g/mol. The quantitative estimate of drug-likeness (QED) is 0.907. The molecule has 0 radical (unpaired) electrons. The Bertz CT molecular complexity index is 577. The van der Waals surface area contributed by atoms with E-state index in [1.807, 2.05) is 0 Å². The van der Waals surface area contributed by atoms with Crippen molar-refractivity contribution in [2.24, 2.45) is 0 Å². The highest BCUT2D eigenvalue weighted by molar-refractivity contribution is 6.99. The minimum Gasteiger partial charge on any atom is -0.387 e. The summed E-state index contributed by atoms with van der Waals surface area (Å²) in [5.74, 6) is -0.391. The maximum absolute atomic E-state index is 11.6. The molecule has 1 heterocycles. The molecule has 0 aliphatic carbocycles. The zero-order valence-corrected chi connectivity index (χ0v) is 11.8. The zero-order valence-electron chi connectivity index (χ0n) is 9.51. The Morgan fingerprint density at radius 3 is 2.89 bits per heavy atom. The van der Waals surface area contributed by atoms with Crippen molar-refractivity contribution < 1.29 is 9.90 Å². The van der Waals surface area contributed by atoms with Crippen molar-refractivity contribution in [3.8, 4) is 0 Å². The van der Waals surface area contributed by atoms with E-state index in [1.54, 1.807) is 12.1 Å². The van der Waals surface area contributed by atoms with E-state index in [1.165, 1.54) is 12.3 Å². The van der Waals surface area contributed by atoms with Gasteiger partial charge in [-0.1, -0.05) is 29.3 Å². The summed E-state index contributed by atoms with van der Waals surface area (Å²) >= 11 is 12.7. The molecule has 0 fully saturated rings. The highest BCUT2D eigenvalue weighted by Crippen LogP contribution is 2.25. The van der Waals surface area contributed by atoms with Gasteiger partial charge in [-0.3, -0.25) is 4.79 Å². The van der Waals surface area contributed by atoms with E-state index in [4.69, 9.17) is 23.2 Å². The van der Waals surface area contributed by atoms with Crippen LogP contribution in [0.1, 0.15) is 22.2 Å². The van der Waals surface area contributed by atoms with E-state index in [2.05, 4.69) is 14.1 Å². The molecule has 1 aromatic heterocycles. The molecular weight excluding hydrogens is 309 g/mol. The molecule has 5 nitrogen and oxygen atoms in total. The molecule has 0 saturated carbocycles. The molecule has 1 amide bonds. The zero-order chi connectivity index (χ0) is 13.8. The summed E-state index contributed by atoms with van der Waals surface area (Å²) in [5, 5.41) is 13.3. The topological polar surface area (TPSA) is 75.1 Å². The minimum atomic E-state index is -0.916. The largest absolute Gasteiger partial charge is 0.387 e. The molecule has 2 rings (SSSR count). The summed E-state index contributed by atoms with van der Waals surface area (Å²) in [5.41, 5.74) is 0.724. The van der Waals surface area contributed by atoms with Gasteiger partial charge in [0.2, 0.25) is 0 Å². The van der Waals surface area contributed by atoms with Crippen LogP contribution >= 0.6 is 34.9 Å². The SMILES string of the molecule is O=C(NCC(O)c1ccc(Cl)cc1Cl)c1cnsn1. The van der Waals surface area contributed by atoms with E-state index in [0.29, 0.717) is 15.6 Å². The number of aliphatic hydroxyl groups excluding tert-OH is 1. The Hall–Kier alpha value is -1.21. The second kappa shape index (κ2) is 6.29. The van der Waals surface area contributed by atoms with E-state index < -0.39 is 12.0 Å². The van der Waals surface area contributed by atoms with Crippen molar-refractivity contribution in [1.29, 1.82) is 0 Å². The van der Waals surface area contributed by atoms with E-state index in [0.717, 1.165) is 11.7 Å². The van der Waals surface area contributed by atoms with E-state index >= 15 is 0 Å². The average Bonchev–Trinajstić information content (AvgIpc) is 2.89. The third-order valence-corrected chi connectivity index (χ3v) is 3.41. The predicted molar refractivity (Wildman–Crippen MR) is 73.7 cm³/mol. The number of aliphatic hydroxyl groups is 1. The van der Waals surface area contributed by atoms with Gasteiger partial charge >= 0.3 is 0 Å². The molecule has 8 heteroatoms. The monoisotopic (exact) mass is 317 g/mol. The molecule has 0 saturated heterocycles. The molecular formula is C11H9Cl2N3O2S. The van der Waals surface area contributed by atoms with Gasteiger partial charge in [0.15, 0.2) is 5.69 Å². The van der Waals surface area contributed by atoms with Crippen LogP contribution in [0.15, 0.2) is 24.4 Å². The van der Waals surface area contributed by atoms with Crippen LogP contribution in [-0.2, 0) is 0 Å². The molecule has 100 valence electrons. The standard InChI is InChI=1S/C11H9Cl2N3O2S/c12-6-1-2-7(8(13)3-6)10(17)5-14-11(18)9-4-15-19-16-9/h1-4,10,17H,5H2,(H,14,18). The summed E-state index contributed by atoms with van der Waals surface area (Å²) in [7, 11) is 0. The Labute approximate surface area is 123 Å². The number of benzene rings is 1. The van der Waals surface area contributed by atoms with Gasteiger partial charge in [-0.05, 0) is 12.1 Å². The van der Waals surface area contributed by atoms with Crippen LogP contribution in [0, 0.1) is 0 Å². The fourth-order valence-electron chi connectivity index (χ4n) is 1.43. The molecule has 0 aliphatic heterocycles. The van der Waals surface area contributed by atoms with Gasteiger partial charge in [0, 0.05) is 22.2 Å². The maximum atomic E-state index is 11.6. The van der Waals surface area contributed by atoms with Crippen molar-refractivity contribution in [3.05, 3.63) is 45.7 Å². The first-order valence-electron chi connectivity index (χ1n) is 5.26. The highest BCUT2D eigenvalue weighted by atomic mass is 35.5. The molecule has 0 spiro atoms. The lowest BCUT2D eigenvalue weighted by molar-refractivity contribution is 0.0912. The minimum absolute atomic E-state index is 0.0255. The number of nitrogens with zero attached hydrogens (tertiary/aromatic N) is 2. The Kier molecular flexibility index (Phi) is 4.71. The van der Waals surface area contributed by atoms with Crippen molar-refractivity contribution in [2.75, 3.05) is 6.54 Å². The second-order valence-electron chi connectivity index (χ2n) is 3.68. The predicted octanol–water partition coefficient (Wildman–Crippen LogP) is 2.31. The smallest absolute Gasteiger partial charge is 0.272 e. The van der Waals surface area contributed by atoms with Crippen LogP contribution in [0.3, 0.4) is 0 Å². The molecule has 1 unspecified atom stereocenters. The Balaban J connectivity index is 1.98. The van der Waals surface area contributed by atoms with Crippen molar-refractivity contribution in [1.82, 2.24) is 14.1 Å². The van der Waals surface area contributed by atoms with Crippen LogP contribution in [0.2, 0.25) is 10.0 Å². The molecule has 1 aromatic carbocycles. The van der Waals surface area contributed by atoms with Crippen LogP contribution < -0.4 is 5.32 Å². The van der Waals surface area contributed by atoms with Gasteiger partial charge in [0.1, 0.15) is 0 Å². The number of nitrogens with one attached hydrogen (secondary N) is 1. The third kappa shape index (κ3) is 3.63. The molecule has 2 aromatic rings. The van der Waals surface area contributed by atoms with Crippen LogP contribution in [0.5, 0.6) is 0 Å². The fraction of sp³-hybridized carbons (Fsp3) is 0.182. The molecule has 1 atom stereocenters. The lowest BCUT2D eigenvalue weighted by Gasteiger charge is -2.13. The second-order valence-corrected chi connectivity index (χ2v) is 5.08. The number of hydrogen-bond donors (Lipinski definition) is 2. The summed E-state index contributed by atoms with van der Waals surface area (Å²) in [6.07, 6.45) is 0.446. The number of hydrogen-bond acceptors (Lipinski definition) is 5. The maximum Gasteiger partial charge on any atom is 0.272 e. The summed E-state index contributed by atoms with van der Waals surface area (Å²) < 4.78 is 7.51. The van der Waals surface area contributed by atoms with Crippen molar-refractivity contribution in [2.45, 2.75) is 6.10 Å². The first-order chi connectivity index (χ1) is 9.08. The Morgan fingerprint density at radius 1 is 1.47 bits per heavy atom. The first-order valence-corrected chi connectivity index (χ1v) is 6.75. The number of carbonyl (C=O) groups is 1. The number of carbonyl (C=O) groups excluding carboxylic acids is 1. The van der Waals surface area contributed by atoms with Gasteiger partial charge < -0.3 is 10.4 Å². The van der Waals surface area contributed by atoms with Crippen molar-refractivity contribution >= 4 is 40.8 Å².